The van der Waals surface area contributed by atoms with Gasteiger partial charge < -0.3 is 14.8 Å². The fourth-order valence-electron chi connectivity index (χ4n) is 1.89. The lowest BCUT2D eigenvalue weighted by molar-refractivity contribution is 0.216. The molecule has 4 heteroatoms. The van der Waals surface area contributed by atoms with E-state index in [2.05, 4.69) is 5.32 Å². The summed E-state index contributed by atoms with van der Waals surface area (Å²) >= 11 is 0. The van der Waals surface area contributed by atoms with Crippen LogP contribution in [0.2, 0.25) is 0 Å². The smallest absolute Gasteiger partial charge is 0.129 e. The lowest BCUT2D eigenvalue weighted by atomic mass is 10.2. The Bertz CT molecular complexity index is 570. The molecule has 0 unspecified atom stereocenters. The number of hydrogen-bond donors (Lipinski definition) is 1. The molecule has 2 aromatic carbocycles. The van der Waals surface area contributed by atoms with Crippen LogP contribution in [0.1, 0.15) is 11.1 Å². The van der Waals surface area contributed by atoms with E-state index in [9.17, 15) is 4.39 Å². The van der Waals surface area contributed by atoms with Crippen LogP contribution >= 0.6 is 0 Å². The Morgan fingerprint density at radius 3 is 2.19 bits per heavy atom. The Balaban J connectivity index is 1.75. The third-order valence-electron chi connectivity index (χ3n) is 3.07. The molecule has 112 valence electrons. The van der Waals surface area contributed by atoms with Crippen molar-refractivity contribution < 1.29 is 13.9 Å². The van der Waals surface area contributed by atoms with Crippen molar-refractivity contribution in [3.05, 3.63) is 59.4 Å². The van der Waals surface area contributed by atoms with Crippen LogP contribution in [-0.2, 0) is 6.54 Å². The quantitative estimate of drug-likeness (QED) is 0.793. The molecule has 21 heavy (non-hydrogen) atoms. The summed E-state index contributed by atoms with van der Waals surface area (Å²) in [5.41, 5.74) is 1.82. The maximum atomic E-state index is 13.3. The molecule has 2 rings (SSSR count). The van der Waals surface area contributed by atoms with Crippen molar-refractivity contribution in [2.45, 2.75) is 13.5 Å². The van der Waals surface area contributed by atoms with E-state index in [1.54, 1.807) is 19.1 Å². The van der Waals surface area contributed by atoms with Crippen LogP contribution in [0.3, 0.4) is 0 Å². The second-order valence-electron chi connectivity index (χ2n) is 4.78. The van der Waals surface area contributed by atoms with Gasteiger partial charge in [0.1, 0.15) is 30.5 Å². The molecule has 0 aromatic heterocycles. The highest BCUT2D eigenvalue weighted by molar-refractivity contribution is 5.28. The van der Waals surface area contributed by atoms with E-state index < -0.39 is 0 Å². The van der Waals surface area contributed by atoms with E-state index in [0.717, 1.165) is 12.3 Å². The van der Waals surface area contributed by atoms with Gasteiger partial charge in [-0.05, 0) is 43.3 Å². The van der Waals surface area contributed by atoms with Crippen LogP contribution < -0.4 is 14.8 Å². The molecule has 0 aliphatic rings. The summed E-state index contributed by atoms with van der Waals surface area (Å²) in [7, 11) is 1.91. The van der Waals surface area contributed by atoms with E-state index in [4.69, 9.17) is 9.47 Å². The largest absolute Gasteiger partial charge is 0.490 e. The van der Waals surface area contributed by atoms with Gasteiger partial charge in [0.05, 0.1) is 0 Å². The number of nitrogens with one attached hydrogen (secondary N) is 1. The lowest BCUT2D eigenvalue weighted by Gasteiger charge is -2.09. The van der Waals surface area contributed by atoms with Crippen molar-refractivity contribution in [1.82, 2.24) is 5.32 Å². The summed E-state index contributed by atoms with van der Waals surface area (Å²) in [6, 6.07) is 12.7. The van der Waals surface area contributed by atoms with Gasteiger partial charge in [-0.15, -0.1) is 0 Å². The fraction of sp³-hybridized carbons (Fsp3) is 0.294. The molecule has 1 N–H and O–H groups in total. The molecular weight excluding hydrogens is 269 g/mol. The predicted octanol–water partition coefficient (Wildman–Crippen LogP) is 3.31. The number of benzene rings is 2. The van der Waals surface area contributed by atoms with Crippen LogP contribution in [0, 0.1) is 12.7 Å². The maximum absolute atomic E-state index is 13.3. The molecule has 0 heterocycles. The SMILES string of the molecule is CNCc1ccc(OCCOc2ccc(C)c(F)c2)cc1. The van der Waals surface area contributed by atoms with Crippen LogP contribution in [0.5, 0.6) is 11.5 Å². The Morgan fingerprint density at radius 1 is 0.952 bits per heavy atom. The van der Waals surface area contributed by atoms with Gasteiger partial charge in [-0.2, -0.15) is 0 Å². The average Bonchev–Trinajstić information content (AvgIpc) is 2.49. The van der Waals surface area contributed by atoms with Gasteiger partial charge in [0, 0.05) is 12.6 Å². The summed E-state index contributed by atoms with van der Waals surface area (Å²) < 4.78 is 24.4. The molecule has 2 aromatic rings. The molecule has 0 aliphatic heterocycles. The first-order chi connectivity index (χ1) is 10.2. The van der Waals surface area contributed by atoms with Crippen molar-refractivity contribution >= 4 is 0 Å². The minimum atomic E-state index is -0.256. The minimum absolute atomic E-state index is 0.256. The summed E-state index contributed by atoms with van der Waals surface area (Å²) in [6.45, 7) is 3.35. The van der Waals surface area contributed by atoms with E-state index in [-0.39, 0.29) is 5.82 Å². The normalized spacial score (nSPS) is 10.4. The van der Waals surface area contributed by atoms with Gasteiger partial charge in [-0.1, -0.05) is 18.2 Å². The summed E-state index contributed by atoms with van der Waals surface area (Å²) in [4.78, 5) is 0. The Morgan fingerprint density at radius 2 is 1.57 bits per heavy atom. The monoisotopic (exact) mass is 289 g/mol. The topological polar surface area (TPSA) is 30.5 Å². The Hall–Kier alpha value is -2.07. The van der Waals surface area contributed by atoms with Crippen molar-refractivity contribution in [3.63, 3.8) is 0 Å². The van der Waals surface area contributed by atoms with Crippen LogP contribution in [-0.4, -0.2) is 20.3 Å². The van der Waals surface area contributed by atoms with E-state index >= 15 is 0 Å². The van der Waals surface area contributed by atoms with Gasteiger partial charge in [0.25, 0.3) is 0 Å². The van der Waals surface area contributed by atoms with Gasteiger partial charge in [-0.25, -0.2) is 4.39 Å². The maximum Gasteiger partial charge on any atom is 0.129 e. The lowest BCUT2D eigenvalue weighted by Crippen LogP contribution is -2.09. The molecule has 0 aliphatic carbocycles. The molecule has 0 radical (unpaired) electrons. The van der Waals surface area contributed by atoms with Crippen LogP contribution in [0.15, 0.2) is 42.5 Å². The first-order valence-electron chi connectivity index (χ1n) is 6.94. The van der Waals surface area contributed by atoms with Crippen molar-refractivity contribution in [2.75, 3.05) is 20.3 Å². The van der Waals surface area contributed by atoms with E-state index in [1.165, 1.54) is 11.6 Å². The second-order valence-corrected chi connectivity index (χ2v) is 4.78. The molecule has 0 saturated carbocycles. The van der Waals surface area contributed by atoms with Crippen molar-refractivity contribution in [3.8, 4) is 11.5 Å². The zero-order valence-electron chi connectivity index (χ0n) is 12.4. The highest BCUT2D eigenvalue weighted by Gasteiger charge is 2.00. The zero-order valence-corrected chi connectivity index (χ0v) is 12.4. The zero-order chi connectivity index (χ0) is 15.1. The number of ether oxygens (including phenoxy) is 2. The molecule has 0 saturated heterocycles. The van der Waals surface area contributed by atoms with E-state index in [1.807, 2.05) is 31.3 Å². The predicted molar refractivity (Wildman–Crippen MR) is 81.3 cm³/mol. The number of aryl methyl sites for hydroxylation is 1. The molecule has 0 atom stereocenters. The summed E-state index contributed by atoms with van der Waals surface area (Å²) in [5.74, 6) is 1.06. The second kappa shape index (κ2) is 7.64. The molecule has 0 amide bonds. The molecule has 0 bridgehead atoms. The average molecular weight is 289 g/mol. The number of hydrogen-bond acceptors (Lipinski definition) is 3. The van der Waals surface area contributed by atoms with Crippen molar-refractivity contribution in [2.24, 2.45) is 0 Å². The van der Waals surface area contributed by atoms with Gasteiger partial charge in [-0.3, -0.25) is 0 Å². The van der Waals surface area contributed by atoms with Crippen molar-refractivity contribution in [1.29, 1.82) is 0 Å². The molecule has 0 fully saturated rings. The summed E-state index contributed by atoms with van der Waals surface area (Å²) in [6.07, 6.45) is 0. The van der Waals surface area contributed by atoms with Gasteiger partial charge in [0.2, 0.25) is 0 Å². The highest BCUT2D eigenvalue weighted by atomic mass is 19.1. The Kier molecular flexibility index (Phi) is 5.58. The third kappa shape index (κ3) is 4.76. The Labute approximate surface area is 124 Å². The first-order valence-corrected chi connectivity index (χ1v) is 6.94. The number of rotatable bonds is 7. The minimum Gasteiger partial charge on any atom is -0.490 e. The van der Waals surface area contributed by atoms with E-state index in [0.29, 0.717) is 24.5 Å². The first kappa shape index (κ1) is 15.3. The highest BCUT2D eigenvalue weighted by Crippen LogP contribution is 2.16. The third-order valence-corrected chi connectivity index (χ3v) is 3.07. The molecule has 0 spiro atoms. The fourth-order valence-corrected chi connectivity index (χ4v) is 1.89. The molecular formula is C17H20FNO2. The van der Waals surface area contributed by atoms with Crippen LogP contribution in [0.4, 0.5) is 4.39 Å². The molecule has 3 nitrogen and oxygen atoms in total. The van der Waals surface area contributed by atoms with Gasteiger partial charge in [0.15, 0.2) is 0 Å². The van der Waals surface area contributed by atoms with Gasteiger partial charge >= 0.3 is 0 Å². The van der Waals surface area contributed by atoms with Crippen LogP contribution in [0.25, 0.3) is 0 Å². The summed E-state index contributed by atoms with van der Waals surface area (Å²) in [5, 5.41) is 3.09. The number of halogens is 1. The standard InChI is InChI=1S/C17H20FNO2/c1-13-3-6-16(11-17(13)18)21-10-9-20-15-7-4-14(5-8-15)12-19-2/h3-8,11,19H,9-10,12H2,1-2H3.